The van der Waals surface area contributed by atoms with Crippen LogP contribution in [-0.2, 0) is 4.74 Å². The molecule has 0 aromatic heterocycles. The molecular weight excluding hydrogens is 144 g/mol. The summed E-state index contributed by atoms with van der Waals surface area (Å²) in [7, 11) is 0. The van der Waals surface area contributed by atoms with Crippen molar-refractivity contribution in [2.24, 2.45) is 0 Å². The highest BCUT2D eigenvalue weighted by Gasteiger charge is 2.12. The molecule has 0 bridgehead atoms. The summed E-state index contributed by atoms with van der Waals surface area (Å²) in [5.41, 5.74) is 1.08. The Bertz CT molecular complexity index is 143. The number of ether oxygens (including phenoxy) is 1. The van der Waals surface area contributed by atoms with Crippen LogP contribution in [0.15, 0.2) is 11.6 Å². The number of aliphatic hydroxyl groups is 2. The molecule has 11 heavy (non-hydrogen) atoms. The predicted molar refractivity (Wildman–Crippen MR) is 41.2 cm³/mol. The highest BCUT2D eigenvalue weighted by molar-refractivity contribution is 5.09. The minimum atomic E-state index is -0.744. The molecule has 1 saturated heterocycles. The van der Waals surface area contributed by atoms with Gasteiger partial charge >= 0.3 is 0 Å². The molecule has 0 saturated carbocycles. The molecule has 3 heteroatoms. The van der Waals surface area contributed by atoms with Crippen LogP contribution in [0, 0.1) is 0 Å². The highest BCUT2D eigenvalue weighted by atomic mass is 16.5. The third-order valence-electron chi connectivity index (χ3n) is 1.76. The van der Waals surface area contributed by atoms with Crippen LogP contribution in [0.4, 0.5) is 0 Å². The maximum Gasteiger partial charge on any atom is 0.0980 e. The molecule has 0 aromatic carbocycles. The van der Waals surface area contributed by atoms with Gasteiger partial charge in [0.1, 0.15) is 0 Å². The number of hydrogen-bond donors (Lipinski definition) is 2. The molecule has 2 unspecified atom stereocenters. The van der Waals surface area contributed by atoms with E-state index in [2.05, 4.69) is 0 Å². The Hall–Kier alpha value is -0.380. The van der Waals surface area contributed by atoms with E-state index in [4.69, 9.17) is 9.84 Å². The van der Waals surface area contributed by atoms with Crippen molar-refractivity contribution in [1.29, 1.82) is 0 Å². The van der Waals surface area contributed by atoms with Crippen LogP contribution in [0.1, 0.15) is 13.3 Å². The lowest BCUT2D eigenvalue weighted by Gasteiger charge is -2.08. The van der Waals surface area contributed by atoms with E-state index >= 15 is 0 Å². The van der Waals surface area contributed by atoms with Crippen molar-refractivity contribution in [3.8, 4) is 0 Å². The summed E-state index contributed by atoms with van der Waals surface area (Å²) in [6.07, 6.45) is 1.12. The number of hydrogen-bond acceptors (Lipinski definition) is 3. The van der Waals surface area contributed by atoms with Crippen LogP contribution in [-0.4, -0.2) is 35.6 Å². The van der Waals surface area contributed by atoms with Gasteiger partial charge in [0.15, 0.2) is 0 Å². The first-order valence-electron chi connectivity index (χ1n) is 3.83. The third-order valence-corrected chi connectivity index (χ3v) is 1.76. The summed E-state index contributed by atoms with van der Waals surface area (Å²) in [6.45, 7) is 2.90. The molecule has 0 spiro atoms. The second kappa shape index (κ2) is 3.85. The average molecular weight is 158 g/mol. The van der Waals surface area contributed by atoms with Gasteiger partial charge in [-0.2, -0.15) is 0 Å². The summed E-state index contributed by atoms with van der Waals surface area (Å²) in [5.74, 6) is 0. The SMILES string of the molecule is CC(O)C(O)/C=C1/CCOC1. The maximum absolute atomic E-state index is 9.20. The quantitative estimate of drug-likeness (QED) is 0.559. The lowest BCUT2D eigenvalue weighted by atomic mass is 10.1. The van der Waals surface area contributed by atoms with Crippen LogP contribution in [0.2, 0.25) is 0 Å². The first kappa shape index (κ1) is 8.71. The van der Waals surface area contributed by atoms with Crippen LogP contribution in [0.25, 0.3) is 0 Å². The van der Waals surface area contributed by atoms with Crippen molar-refractivity contribution >= 4 is 0 Å². The molecule has 0 aliphatic carbocycles. The number of rotatable bonds is 2. The number of aliphatic hydroxyl groups excluding tert-OH is 2. The second-order valence-corrected chi connectivity index (χ2v) is 2.86. The topological polar surface area (TPSA) is 49.7 Å². The van der Waals surface area contributed by atoms with Gasteiger partial charge in [0, 0.05) is 0 Å². The summed E-state index contributed by atoms with van der Waals surface area (Å²) >= 11 is 0. The lowest BCUT2D eigenvalue weighted by molar-refractivity contribution is 0.0612. The normalized spacial score (nSPS) is 27.4. The Morgan fingerprint density at radius 2 is 2.27 bits per heavy atom. The van der Waals surface area contributed by atoms with E-state index in [0.717, 1.165) is 18.6 Å². The van der Waals surface area contributed by atoms with Crippen molar-refractivity contribution in [3.63, 3.8) is 0 Å². The average Bonchev–Trinajstić information content (AvgIpc) is 2.39. The fourth-order valence-electron chi connectivity index (χ4n) is 0.991. The van der Waals surface area contributed by atoms with Gasteiger partial charge in [0.25, 0.3) is 0 Å². The van der Waals surface area contributed by atoms with Gasteiger partial charge in [-0.1, -0.05) is 6.08 Å². The zero-order chi connectivity index (χ0) is 8.27. The van der Waals surface area contributed by atoms with Gasteiger partial charge in [-0.25, -0.2) is 0 Å². The van der Waals surface area contributed by atoms with E-state index in [1.807, 2.05) is 0 Å². The Labute approximate surface area is 66.3 Å². The monoisotopic (exact) mass is 158 g/mol. The Morgan fingerprint density at radius 1 is 1.55 bits per heavy atom. The maximum atomic E-state index is 9.20. The summed E-state index contributed by atoms with van der Waals surface area (Å²) in [4.78, 5) is 0. The zero-order valence-corrected chi connectivity index (χ0v) is 6.66. The molecule has 1 heterocycles. The van der Waals surface area contributed by atoms with Crippen LogP contribution >= 0.6 is 0 Å². The van der Waals surface area contributed by atoms with Crippen LogP contribution in [0.5, 0.6) is 0 Å². The lowest BCUT2D eigenvalue weighted by Crippen LogP contribution is -2.20. The van der Waals surface area contributed by atoms with E-state index in [9.17, 15) is 5.11 Å². The molecule has 0 amide bonds. The van der Waals surface area contributed by atoms with Crippen molar-refractivity contribution in [3.05, 3.63) is 11.6 Å². The van der Waals surface area contributed by atoms with Crippen molar-refractivity contribution < 1.29 is 14.9 Å². The van der Waals surface area contributed by atoms with Gasteiger partial charge in [-0.3, -0.25) is 0 Å². The summed E-state index contributed by atoms with van der Waals surface area (Å²) in [6, 6.07) is 0. The van der Waals surface area contributed by atoms with Gasteiger partial charge < -0.3 is 14.9 Å². The smallest absolute Gasteiger partial charge is 0.0980 e. The van der Waals surface area contributed by atoms with E-state index in [0.29, 0.717) is 6.61 Å². The summed E-state index contributed by atoms with van der Waals surface area (Å²) in [5, 5.41) is 18.2. The van der Waals surface area contributed by atoms with Gasteiger partial charge in [0.05, 0.1) is 25.4 Å². The van der Waals surface area contributed by atoms with Crippen LogP contribution < -0.4 is 0 Å². The molecule has 2 N–H and O–H groups in total. The molecule has 1 aliphatic rings. The van der Waals surface area contributed by atoms with Gasteiger partial charge in [0.2, 0.25) is 0 Å². The van der Waals surface area contributed by atoms with Crippen molar-refractivity contribution in [2.75, 3.05) is 13.2 Å². The first-order chi connectivity index (χ1) is 5.20. The van der Waals surface area contributed by atoms with E-state index in [1.54, 1.807) is 13.0 Å². The van der Waals surface area contributed by atoms with Gasteiger partial charge in [-0.05, 0) is 18.9 Å². The van der Waals surface area contributed by atoms with E-state index in [1.165, 1.54) is 0 Å². The largest absolute Gasteiger partial charge is 0.390 e. The minimum Gasteiger partial charge on any atom is -0.390 e. The fourth-order valence-corrected chi connectivity index (χ4v) is 0.991. The molecule has 64 valence electrons. The first-order valence-corrected chi connectivity index (χ1v) is 3.83. The van der Waals surface area contributed by atoms with Crippen molar-refractivity contribution in [1.82, 2.24) is 0 Å². The Morgan fingerprint density at radius 3 is 2.73 bits per heavy atom. The zero-order valence-electron chi connectivity index (χ0n) is 6.66. The standard InChI is InChI=1S/C8H14O3/c1-6(9)8(10)4-7-2-3-11-5-7/h4,6,8-10H,2-3,5H2,1H3/b7-4-. The Kier molecular flexibility index (Phi) is 3.05. The molecule has 0 radical (unpaired) electrons. The Balaban J connectivity index is 2.42. The fraction of sp³-hybridized carbons (Fsp3) is 0.750. The predicted octanol–water partition coefficient (Wildman–Crippen LogP) is 0.0748. The molecular formula is C8H14O3. The third kappa shape index (κ3) is 2.61. The van der Waals surface area contributed by atoms with E-state index < -0.39 is 12.2 Å². The van der Waals surface area contributed by atoms with Crippen LogP contribution in [0.3, 0.4) is 0 Å². The van der Waals surface area contributed by atoms with Gasteiger partial charge in [-0.15, -0.1) is 0 Å². The minimum absolute atomic E-state index is 0.601. The molecule has 3 nitrogen and oxygen atoms in total. The van der Waals surface area contributed by atoms with E-state index in [-0.39, 0.29) is 0 Å². The second-order valence-electron chi connectivity index (χ2n) is 2.86. The molecule has 1 rings (SSSR count). The molecule has 1 fully saturated rings. The molecule has 1 aliphatic heterocycles. The summed E-state index contributed by atoms with van der Waals surface area (Å²) < 4.78 is 5.08. The highest BCUT2D eigenvalue weighted by Crippen LogP contribution is 2.12. The van der Waals surface area contributed by atoms with Crippen molar-refractivity contribution in [2.45, 2.75) is 25.6 Å². The molecule has 0 aromatic rings. The molecule has 2 atom stereocenters.